The summed E-state index contributed by atoms with van der Waals surface area (Å²) >= 11 is 9.51. The van der Waals surface area contributed by atoms with Crippen LogP contribution in [-0.4, -0.2) is 17.8 Å². The molecule has 1 nitrogen and oxygen atoms in total. The van der Waals surface area contributed by atoms with E-state index in [4.69, 9.17) is 11.8 Å². The van der Waals surface area contributed by atoms with Crippen LogP contribution in [-0.2, 0) is 11.8 Å². The smallest absolute Gasteiger partial charge is 0.106 e. The highest BCUT2D eigenvalue weighted by Crippen LogP contribution is 2.64. The van der Waals surface area contributed by atoms with Crippen molar-refractivity contribution in [3.05, 3.63) is 30.3 Å². The Hall–Kier alpha value is 0.660. The Balaban J connectivity index is 2.28. The first-order valence-electron chi connectivity index (χ1n) is 5.49. The lowest BCUT2D eigenvalue weighted by atomic mass is 10.2. The fourth-order valence-electron chi connectivity index (χ4n) is 2.00. The van der Waals surface area contributed by atoms with Crippen molar-refractivity contribution in [2.24, 2.45) is 0 Å². The number of rotatable bonds is 3. The molecule has 88 valence electrons. The van der Waals surface area contributed by atoms with Crippen molar-refractivity contribution in [1.82, 2.24) is 4.67 Å². The second-order valence-electron chi connectivity index (χ2n) is 3.94. The molecule has 1 saturated heterocycles. The van der Waals surface area contributed by atoms with E-state index in [9.17, 15) is 0 Å². The molecule has 1 aromatic rings. The molecule has 0 spiro atoms. The number of nitrogens with zero attached hydrogens (tertiary/aromatic N) is 1. The summed E-state index contributed by atoms with van der Waals surface area (Å²) in [6.07, 6.45) is 3.94. The van der Waals surface area contributed by atoms with Gasteiger partial charge in [-0.3, -0.25) is 4.67 Å². The van der Waals surface area contributed by atoms with Crippen LogP contribution in [0.4, 0.5) is 0 Å². The van der Waals surface area contributed by atoms with Crippen molar-refractivity contribution in [3.63, 3.8) is 0 Å². The first kappa shape index (κ1) is 13.1. The average Bonchev–Trinajstić information content (AvgIpc) is 2.40. The highest BCUT2D eigenvalue weighted by Gasteiger charge is 2.28. The van der Waals surface area contributed by atoms with E-state index in [1.807, 2.05) is 0 Å². The molecule has 16 heavy (non-hydrogen) atoms. The zero-order valence-corrected chi connectivity index (χ0v) is 13.1. The molecule has 0 bridgehead atoms. The molecule has 1 fully saturated rings. The van der Waals surface area contributed by atoms with Gasteiger partial charge in [-0.1, -0.05) is 48.6 Å². The fraction of sp³-hybridized carbons (Fsp3) is 0.455. The molecule has 1 aliphatic rings. The first-order valence-corrected chi connectivity index (χ1v) is 11.5. The highest BCUT2D eigenvalue weighted by molar-refractivity contribution is 9.59. The van der Waals surface area contributed by atoms with Gasteiger partial charge in [0.15, 0.2) is 0 Å². The highest BCUT2D eigenvalue weighted by atomic mass is 79.9. The molecule has 0 aliphatic carbocycles. The van der Waals surface area contributed by atoms with Crippen LogP contribution < -0.4 is 5.30 Å². The predicted molar refractivity (Wildman–Crippen MR) is 82.3 cm³/mol. The number of piperidine rings is 1. The van der Waals surface area contributed by atoms with E-state index in [0.29, 0.717) is 0 Å². The Morgan fingerprint density at radius 3 is 2.31 bits per heavy atom. The fourth-order valence-corrected chi connectivity index (χ4v) is 9.22. The molecule has 1 unspecified atom stereocenters. The van der Waals surface area contributed by atoms with Gasteiger partial charge in [0.25, 0.3) is 0 Å². The van der Waals surface area contributed by atoms with Gasteiger partial charge in [-0.25, -0.2) is 0 Å². The molecule has 1 heterocycles. The van der Waals surface area contributed by atoms with E-state index in [1.165, 1.54) is 24.6 Å². The standard InChI is InChI=1S/C11H15BrNPS2/c12-16-14(15,11-7-3-1-4-8-11)13-9-5-2-6-10-13/h1,3-4,7-8H,2,5-6,9-10H2. The van der Waals surface area contributed by atoms with Gasteiger partial charge < -0.3 is 0 Å². The van der Waals surface area contributed by atoms with Crippen LogP contribution in [0.5, 0.6) is 0 Å². The predicted octanol–water partition coefficient (Wildman–Crippen LogP) is 4.15. The molecule has 0 radical (unpaired) electrons. The molecule has 2 rings (SSSR count). The van der Waals surface area contributed by atoms with E-state index in [-0.39, 0.29) is 0 Å². The van der Waals surface area contributed by atoms with Crippen LogP contribution in [0.3, 0.4) is 0 Å². The van der Waals surface area contributed by atoms with Gasteiger partial charge in [0.2, 0.25) is 0 Å². The molecule has 0 amide bonds. The summed E-state index contributed by atoms with van der Waals surface area (Å²) in [6.45, 7) is 2.32. The van der Waals surface area contributed by atoms with Crippen LogP contribution in [0.2, 0.25) is 0 Å². The monoisotopic (exact) mass is 335 g/mol. The quantitative estimate of drug-likeness (QED) is 0.764. The van der Waals surface area contributed by atoms with Gasteiger partial charge in [0, 0.05) is 18.4 Å². The van der Waals surface area contributed by atoms with E-state index in [2.05, 4.69) is 49.8 Å². The van der Waals surface area contributed by atoms with Crippen molar-refractivity contribution < 1.29 is 0 Å². The van der Waals surface area contributed by atoms with Crippen molar-refractivity contribution in [3.8, 4) is 0 Å². The summed E-state index contributed by atoms with van der Waals surface area (Å²) in [5.74, 6) is 0. The van der Waals surface area contributed by atoms with E-state index >= 15 is 0 Å². The summed E-state index contributed by atoms with van der Waals surface area (Å²) < 4.78 is 2.51. The maximum atomic E-state index is 5.94. The Bertz CT molecular complexity index is 379. The zero-order chi connectivity index (χ0) is 11.4. The molecular formula is C11H15BrNPS2. The van der Waals surface area contributed by atoms with Crippen molar-refractivity contribution in [2.45, 2.75) is 19.3 Å². The van der Waals surface area contributed by atoms with Gasteiger partial charge >= 0.3 is 0 Å². The summed E-state index contributed by atoms with van der Waals surface area (Å²) in [5, 5.41) is -0.314. The Kier molecular flexibility index (Phi) is 4.92. The number of benzene rings is 1. The van der Waals surface area contributed by atoms with Gasteiger partial charge in [0.1, 0.15) is 5.39 Å². The topological polar surface area (TPSA) is 3.24 Å². The number of halogens is 1. The second-order valence-corrected chi connectivity index (χ2v) is 13.1. The average molecular weight is 336 g/mol. The molecular weight excluding hydrogens is 321 g/mol. The van der Waals surface area contributed by atoms with Crippen LogP contribution >= 0.6 is 30.0 Å². The van der Waals surface area contributed by atoms with Crippen LogP contribution in [0, 0.1) is 0 Å². The van der Waals surface area contributed by atoms with Crippen molar-refractivity contribution >= 4 is 47.1 Å². The third-order valence-corrected chi connectivity index (χ3v) is 14.5. The van der Waals surface area contributed by atoms with E-state index in [0.717, 1.165) is 13.1 Å². The lowest BCUT2D eigenvalue weighted by molar-refractivity contribution is 0.375. The molecule has 5 heteroatoms. The zero-order valence-electron chi connectivity index (χ0n) is 9.01. The Labute approximate surface area is 114 Å². The largest absolute Gasteiger partial charge is 0.263 e. The Morgan fingerprint density at radius 2 is 1.75 bits per heavy atom. The second kappa shape index (κ2) is 6.01. The van der Waals surface area contributed by atoms with E-state index in [1.54, 1.807) is 9.82 Å². The molecule has 1 aliphatic heterocycles. The molecule has 1 aromatic carbocycles. The molecule has 0 aromatic heterocycles. The third kappa shape index (κ3) is 2.73. The third-order valence-electron chi connectivity index (χ3n) is 2.88. The Morgan fingerprint density at radius 1 is 1.12 bits per heavy atom. The number of hydrogen-bond acceptors (Lipinski definition) is 2. The lowest BCUT2D eigenvalue weighted by Crippen LogP contribution is -2.29. The maximum Gasteiger partial charge on any atom is 0.106 e. The number of hydrogen-bond donors (Lipinski definition) is 0. The van der Waals surface area contributed by atoms with Crippen LogP contribution in [0.1, 0.15) is 19.3 Å². The molecule has 1 atom stereocenters. The summed E-state index contributed by atoms with van der Waals surface area (Å²) in [6, 6.07) is 10.6. The molecule has 0 N–H and O–H groups in total. The van der Waals surface area contributed by atoms with Gasteiger partial charge in [-0.2, -0.15) is 0 Å². The van der Waals surface area contributed by atoms with E-state index < -0.39 is 5.39 Å². The van der Waals surface area contributed by atoms with Crippen molar-refractivity contribution in [2.75, 3.05) is 13.1 Å². The maximum absolute atomic E-state index is 5.94. The van der Waals surface area contributed by atoms with Gasteiger partial charge in [0.05, 0.1) is 0 Å². The minimum Gasteiger partial charge on any atom is -0.263 e. The first-order chi connectivity index (χ1) is 7.77. The van der Waals surface area contributed by atoms with Crippen LogP contribution in [0.25, 0.3) is 0 Å². The summed E-state index contributed by atoms with van der Waals surface area (Å²) in [7, 11) is 1.70. The van der Waals surface area contributed by atoms with Gasteiger partial charge in [-0.15, -0.1) is 0 Å². The molecule has 0 saturated carbocycles. The van der Waals surface area contributed by atoms with Crippen molar-refractivity contribution in [1.29, 1.82) is 0 Å². The normalized spacial score (nSPS) is 21.6. The minimum absolute atomic E-state index is 1.16. The SMILES string of the molecule is S=P(SBr)(c1ccccc1)N1CCCCC1. The minimum atomic E-state index is -1.63. The summed E-state index contributed by atoms with van der Waals surface area (Å²) in [5.41, 5.74) is 0. The van der Waals surface area contributed by atoms with Gasteiger partial charge in [-0.05, 0) is 37.5 Å². The summed E-state index contributed by atoms with van der Waals surface area (Å²) in [4.78, 5) is 0. The lowest BCUT2D eigenvalue weighted by Gasteiger charge is -2.35. The van der Waals surface area contributed by atoms with Crippen LogP contribution in [0.15, 0.2) is 30.3 Å².